The second kappa shape index (κ2) is 6.46. The predicted octanol–water partition coefficient (Wildman–Crippen LogP) is 3.45. The maximum atomic E-state index is 13.6. The van der Waals surface area contributed by atoms with Crippen LogP contribution in [-0.4, -0.2) is 11.1 Å². The van der Waals surface area contributed by atoms with Crippen molar-refractivity contribution in [3.8, 4) is 0 Å². The standard InChI is InChI=1S/C16H15F4NO/c17-13-4-2-1-3-12(13)15(22)14(21)9-10-5-7-11(8-6-10)16(18,19)20/h1-8,14-15,22H,9,21H2. The lowest BCUT2D eigenvalue weighted by molar-refractivity contribution is -0.137. The van der Waals surface area contributed by atoms with Gasteiger partial charge in [-0.15, -0.1) is 0 Å². The van der Waals surface area contributed by atoms with Crippen LogP contribution < -0.4 is 5.73 Å². The number of nitrogens with two attached hydrogens (primary N) is 1. The summed E-state index contributed by atoms with van der Waals surface area (Å²) in [7, 11) is 0. The van der Waals surface area contributed by atoms with E-state index in [1.165, 1.54) is 30.3 Å². The van der Waals surface area contributed by atoms with E-state index in [4.69, 9.17) is 5.73 Å². The van der Waals surface area contributed by atoms with Gasteiger partial charge >= 0.3 is 6.18 Å². The molecule has 2 atom stereocenters. The highest BCUT2D eigenvalue weighted by atomic mass is 19.4. The third-order valence-corrected chi connectivity index (χ3v) is 3.38. The van der Waals surface area contributed by atoms with E-state index in [0.29, 0.717) is 5.56 Å². The van der Waals surface area contributed by atoms with Gasteiger partial charge in [0.1, 0.15) is 5.82 Å². The summed E-state index contributed by atoms with van der Waals surface area (Å²) in [6, 6.07) is 9.39. The van der Waals surface area contributed by atoms with Crippen molar-refractivity contribution in [2.45, 2.75) is 24.7 Å². The molecule has 6 heteroatoms. The molecule has 0 bridgehead atoms. The zero-order valence-corrected chi connectivity index (χ0v) is 11.5. The van der Waals surface area contributed by atoms with Gasteiger partial charge in [-0.2, -0.15) is 13.2 Å². The molecule has 0 spiro atoms. The van der Waals surface area contributed by atoms with Crippen molar-refractivity contribution in [2.24, 2.45) is 5.73 Å². The smallest absolute Gasteiger partial charge is 0.387 e. The van der Waals surface area contributed by atoms with Crippen molar-refractivity contribution in [3.05, 3.63) is 71.0 Å². The number of hydrogen-bond acceptors (Lipinski definition) is 2. The summed E-state index contributed by atoms with van der Waals surface area (Å²) < 4.78 is 51.0. The number of aliphatic hydroxyl groups excluding tert-OH is 1. The molecule has 0 amide bonds. The first-order chi connectivity index (χ1) is 10.3. The average molecular weight is 313 g/mol. The summed E-state index contributed by atoms with van der Waals surface area (Å²) in [5.74, 6) is -0.571. The quantitative estimate of drug-likeness (QED) is 0.849. The minimum atomic E-state index is -4.40. The van der Waals surface area contributed by atoms with E-state index in [0.717, 1.165) is 12.1 Å². The van der Waals surface area contributed by atoms with Gasteiger partial charge in [-0.3, -0.25) is 0 Å². The Hall–Kier alpha value is -1.92. The lowest BCUT2D eigenvalue weighted by Crippen LogP contribution is -2.31. The summed E-state index contributed by atoms with van der Waals surface area (Å²) in [5.41, 5.74) is 5.69. The molecule has 2 rings (SSSR count). The van der Waals surface area contributed by atoms with Gasteiger partial charge in [-0.25, -0.2) is 4.39 Å². The van der Waals surface area contributed by atoms with E-state index < -0.39 is 29.7 Å². The molecule has 0 aliphatic carbocycles. The first-order valence-electron chi connectivity index (χ1n) is 6.63. The van der Waals surface area contributed by atoms with Crippen LogP contribution in [0.1, 0.15) is 22.8 Å². The fraction of sp³-hybridized carbons (Fsp3) is 0.250. The normalized spacial score (nSPS) is 14.6. The fourth-order valence-corrected chi connectivity index (χ4v) is 2.16. The van der Waals surface area contributed by atoms with E-state index >= 15 is 0 Å². The number of rotatable bonds is 4. The Bertz CT molecular complexity index is 625. The van der Waals surface area contributed by atoms with Crippen LogP contribution >= 0.6 is 0 Å². The predicted molar refractivity (Wildman–Crippen MR) is 74.5 cm³/mol. The van der Waals surface area contributed by atoms with Crippen molar-refractivity contribution >= 4 is 0 Å². The van der Waals surface area contributed by atoms with Crippen LogP contribution in [0, 0.1) is 5.82 Å². The molecule has 2 aromatic carbocycles. The van der Waals surface area contributed by atoms with E-state index in [1.54, 1.807) is 6.07 Å². The highest BCUT2D eigenvalue weighted by molar-refractivity contribution is 5.27. The van der Waals surface area contributed by atoms with Crippen molar-refractivity contribution in [2.75, 3.05) is 0 Å². The maximum absolute atomic E-state index is 13.6. The van der Waals surface area contributed by atoms with Gasteiger partial charge in [0, 0.05) is 11.6 Å². The average Bonchev–Trinajstić information content (AvgIpc) is 2.46. The molecule has 118 valence electrons. The minimum absolute atomic E-state index is 0.0712. The lowest BCUT2D eigenvalue weighted by atomic mass is 9.96. The van der Waals surface area contributed by atoms with Crippen LogP contribution in [0.25, 0.3) is 0 Å². The lowest BCUT2D eigenvalue weighted by Gasteiger charge is -2.20. The molecule has 0 aliphatic rings. The first kappa shape index (κ1) is 16.5. The van der Waals surface area contributed by atoms with E-state index in [1.807, 2.05) is 0 Å². The monoisotopic (exact) mass is 313 g/mol. The van der Waals surface area contributed by atoms with Crippen LogP contribution in [0.15, 0.2) is 48.5 Å². The molecule has 0 fully saturated rings. The third-order valence-electron chi connectivity index (χ3n) is 3.38. The van der Waals surface area contributed by atoms with E-state index in [-0.39, 0.29) is 12.0 Å². The molecule has 2 unspecified atom stereocenters. The van der Waals surface area contributed by atoms with Crippen LogP contribution in [0.3, 0.4) is 0 Å². The number of alkyl halides is 3. The molecule has 0 saturated heterocycles. The fourth-order valence-electron chi connectivity index (χ4n) is 2.16. The first-order valence-corrected chi connectivity index (χ1v) is 6.63. The highest BCUT2D eigenvalue weighted by Gasteiger charge is 2.30. The van der Waals surface area contributed by atoms with Gasteiger partial charge in [-0.05, 0) is 30.2 Å². The molecule has 0 aliphatic heterocycles. The van der Waals surface area contributed by atoms with Gasteiger partial charge in [0.2, 0.25) is 0 Å². The molecular formula is C16H15F4NO. The van der Waals surface area contributed by atoms with Gasteiger partial charge in [0.05, 0.1) is 11.7 Å². The van der Waals surface area contributed by atoms with Crippen LogP contribution in [0.5, 0.6) is 0 Å². The SMILES string of the molecule is NC(Cc1ccc(C(F)(F)F)cc1)C(O)c1ccccc1F. The van der Waals surface area contributed by atoms with Crippen molar-refractivity contribution in [3.63, 3.8) is 0 Å². The Morgan fingerprint density at radius 3 is 2.14 bits per heavy atom. The second-order valence-electron chi connectivity index (χ2n) is 5.03. The highest BCUT2D eigenvalue weighted by Crippen LogP contribution is 2.29. The Morgan fingerprint density at radius 1 is 1.00 bits per heavy atom. The summed E-state index contributed by atoms with van der Waals surface area (Å²) in [6.45, 7) is 0. The zero-order valence-electron chi connectivity index (χ0n) is 11.5. The molecule has 22 heavy (non-hydrogen) atoms. The van der Waals surface area contributed by atoms with Crippen molar-refractivity contribution < 1.29 is 22.7 Å². The number of aliphatic hydroxyl groups is 1. The van der Waals surface area contributed by atoms with Crippen LogP contribution in [0.4, 0.5) is 17.6 Å². The number of benzene rings is 2. The molecule has 0 aromatic heterocycles. The molecule has 0 heterocycles. The maximum Gasteiger partial charge on any atom is 0.416 e. The third kappa shape index (κ3) is 3.84. The molecule has 0 saturated carbocycles. The summed E-state index contributed by atoms with van der Waals surface area (Å²) in [4.78, 5) is 0. The molecular weight excluding hydrogens is 298 g/mol. The van der Waals surface area contributed by atoms with Crippen LogP contribution in [0.2, 0.25) is 0 Å². The minimum Gasteiger partial charge on any atom is -0.387 e. The Morgan fingerprint density at radius 2 is 1.59 bits per heavy atom. The largest absolute Gasteiger partial charge is 0.416 e. The van der Waals surface area contributed by atoms with Gasteiger partial charge in [0.15, 0.2) is 0 Å². The van der Waals surface area contributed by atoms with E-state index in [2.05, 4.69) is 0 Å². The summed E-state index contributed by atoms with van der Waals surface area (Å²) >= 11 is 0. The van der Waals surface area contributed by atoms with Gasteiger partial charge in [-0.1, -0.05) is 30.3 Å². The number of halogens is 4. The van der Waals surface area contributed by atoms with Crippen LogP contribution in [-0.2, 0) is 12.6 Å². The molecule has 0 radical (unpaired) electrons. The summed E-state index contributed by atoms with van der Waals surface area (Å²) in [5, 5.41) is 10.1. The zero-order chi connectivity index (χ0) is 16.3. The Balaban J connectivity index is 2.09. The summed E-state index contributed by atoms with van der Waals surface area (Å²) in [6.07, 6.45) is -5.50. The number of hydrogen-bond donors (Lipinski definition) is 2. The Kier molecular flexibility index (Phi) is 4.83. The molecule has 2 nitrogen and oxygen atoms in total. The van der Waals surface area contributed by atoms with Crippen molar-refractivity contribution in [1.82, 2.24) is 0 Å². The van der Waals surface area contributed by atoms with Gasteiger partial charge in [0.25, 0.3) is 0 Å². The van der Waals surface area contributed by atoms with Gasteiger partial charge < -0.3 is 10.8 Å². The van der Waals surface area contributed by atoms with Crippen molar-refractivity contribution in [1.29, 1.82) is 0 Å². The Labute approximate surface area is 125 Å². The molecule has 2 aromatic rings. The van der Waals surface area contributed by atoms with E-state index in [9.17, 15) is 22.7 Å². The second-order valence-corrected chi connectivity index (χ2v) is 5.03. The molecule has 3 N–H and O–H groups in total. The topological polar surface area (TPSA) is 46.2 Å².